The zero-order valence-corrected chi connectivity index (χ0v) is 17.3. The van der Waals surface area contributed by atoms with Crippen molar-refractivity contribution in [2.24, 2.45) is 0 Å². The molecule has 1 aliphatic rings. The molecule has 8 heteroatoms. The number of rotatable bonds is 5. The number of aliphatic hydroxyl groups is 1. The Morgan fingerprint density at radius 3 is 2.03 bits per heavy atom. The van der Waals surface area contributed by atoms with Gasteiger partial charge in [0.05, 0.1) is 25.0 Å². The van der Waals surface area contributed by atoms with Crippen molar-refractivity contribution >= 4 is 15.9 Å². The molecular weight excluding hydrogens is 390 g/mol. The molecule has 3 atom stereocenters. The average molecular weight is 413 g/mol. The molecule has 1 N–H and O–H groups in total. The first kappa shape index (κ1) is 21.0. The number of nitrogens with zero attached hydrogens (tertiary/aromatic N) is 3. The van der Waals surface area contributed by atoms with Gasteiger partial charge in [-0.2, -0.15) is 9.57 Å². The fraction of sp³-hybridized carbons (Fsp3) is 0.333. The molecule has 0 aliphatic carbocycles. The maximum Gasteiger partial charge on any atom is 0.253 e. The Bertz CT molecular complexity index is 1040. The Labute approximate surface area is 170 Å². The van der Waals surface area contributed by atoms with E-state index in [0.717, 1.165) is 27.3 Å². The normalized spacial score (nSPS) is 21.8. The first-order valence-corrected chi connectivity index (χ1v) is 10.9. The molecule has 0 spiro atoms. The second-order valence-corrected chi connectivity index (χ2v) is 9.23. The molecule has 1 amide bonds. The number of benzene rings is 2. The third-order valence-electron chi connectivity index (χ3n) is 5.22. The van der Waals surface area contributed by atoms with E-state index in [4.69, 9.17) is 0 Å². The van der Waals surface area contributed by atoms with E-state index in [0.29, 0.717) is 5.56 Å². The first-order valence-electron chi connectivity index (χ1n) is 9.10. The van der Waals surface area contributed by atoms with E-state index in [1.165, 1.54) is 4.90 Å². The molecule has 0 saturated carbocycles. The van der Waals surface area contributed by atoms with Gasteiger partial charge in [0.1, 0.15) is 6.04 Å². The zero-order chi connectivity index (χ0) is 21.3. The number of nitriles is 1. The van der Waals surface area contributed by atoms with Crippen molar-refractivity contribution in [2.45, 2.75) is 18.0 Å². The predicted octanol–water partition coefficient (Wildman–Crippen LogP) is 1.67. The van der Waals surface area contributed by atoms with Gasteiger partial charge in [-0.25, -0.2) is 8.42 Å². The minimum absolute atomic E-state index is 0.0649. The van der Waals surface area contributed by atoms with Crippen molar-refractivity contribution in [3.05, 3.63) is 59.7 Å². The Morgan fingerprint density at radius 1 is 1.10 bits per heavy atom. The van der Waals surface area contributed by atoms with Crippen LogP contribution < -0.4 is 0 Å². The summed E-state index contributed by atoms with van der Waals surface area (Å²) >= 11 is 0. The van der Waals surface area contributed by atoms with Gasteiger partial charge in [-0.15, -0.1) is 0 Å². The van der Waals surface area contributed by atoms with Crippen molar-refractivity contribution in [1.82, 2.24) is 9.21 Å². The monoisotopic (exact) mass is 413 g/mol. The van der Waals surface area contributed by atoms with Crippen molar-refractivity contribution < 1.29 is 18.3 Å². The summed E-state index contributed by atoms with van der Waals surface area (Å²) in [6.07, 6.45) is 1.05. The largest absolute Gasteiger partial charge is 0.395 e. The highest BCUT2D eigenvalue weighted by Crippen LogP contribution is 2.42. The Kier molecular flexibility index (Phi) is 5.75. The summed E-state index contributed by atoms with van der Waals surface area (Å²) in [5.41, 5.74) is 3.28. The highest BCUT2D eigenvalue weighted by atomic mass is 32.2. The number of carbonyl (C=O) groups is 1. The van der Waals surface area contributed by atoms with Crippen LogP contribution in [-0.2, 0) is 10.0 Å². The van der Waals surface area contributed by atoms with Gasteiger partial charge >= 0.3 is 0 Å². The number of carbonyl (C=O) groups excluding carboxylic acids is 1. The smallest absolute Gasteiger partial charge is 0.253 e. The molecule has 2 aromatic rings. The molecule has 0 radical (unpaired) electrons. The van der Waals surface area contributed by atoms with Crippen LogP contribution in [0.2, 0.25) is 0 Å². The molecule has 1 aliphatic heterocycles. The number of amides is 1. The molecular formula is C21H23N3O4S. The van der Waals surface area contributed by atoms with E-state index < -0.39 is 22.1 Å². The summed E-state index contributed by atoms with van der Waals surface area (Å²) in [4.78, 5) is 13.5. The highest BCUT2D eigenvalue weighted by molar-refractivity contribution is 7.88. The summed E-state index contributed by atoms with van der Waals surface area (Å²) in [6.45, 7) is -0.348. The second-order valence-electron chi connectivity index (χ2n) is 7.34. The molecule has 1 heterocycles. The van der Waals surface area contributed by atoms with Crippen molar-refractivity contribution in [2.75, 3.05) is 27.0 Å². The number of hydrogen-bond donors (Lipinski definition) is 1. The van der Waals surface area contributed by atoms with Crippen LogP contribution in [0.4, 0.5) is 0 Å². The molecule has 0 bridgehead atoms. The molecule has 152 valence electrons. The van der Waals surface area contributed by atoms with E-state index in [-0.39, 0.29) is 18.4 Å². The van der Waals surface area contributed by atoms with Crippen LogP contribution in [0.5, 0.6) is 0 Å². The van der Waals surface area contributed by atoms with Gasteiger partial charge in [-0.05, 0) is 28.8 Å². The standard InChI is InChI=1S/C21H23N3O4S/c1-23(2)21(26)17-10-6-15(7-11-17)14-4-8-16(9-5-14)20-18(12-22)24(19(20)13-25)29(3,27)28/h4-11,18-20,25H,13H2,1-3H3/t18-,19+,20+/m1/s1. The molecule has 7 nitrogen and oxygen atoms in total. The van der Waals surface area contributed by atoms with Crippen LogP contribution >= 0.6 is 0 Å². The number of hydrogen-bond acceptors (Lipinski definition) is 5. The molecule has 1 saturated heterocycles. The Morgan fingerprint density at radius 2 is 1.62 bits per heavy atom. The van der Waals surface area contributed by atoms with E-state index in [2.05, 4.69) is 0 Å². The maximum atomic E-state index is 12.0. The maximum absolute atomic E-state index is 12.0. The highest BCUT2D eigenvalue weighted by Gasteiger charge is 2.53. The fourth-order valence-corrected chi connectivity index (χ4v) is 5.06. The van der Waals surface area contributed by atoms with Gasteiger partial charge in [0.25, 0.3) is 5.91 Å². The average Bonchev–Trinajstić information content (AvgIpc) is 2.67. The van der Waals surface area contributed by atoms with Crippen LogP contribution in [0.3, 0.4) is 0 Å². The van der Waals surface area contributed by atoms with Crippen molar-refractivity contribution in [1.29, 1.82) is 5.26 Å². The number of aliphatic hydroxyl groups excluding tert-OH is 1. The minimum atomic E-state index is -3.58. The molecule has 1 fully saturated rings. The van der Waals surface area contributed by atoms with E-state index in [1.54, 1.807) is 26.2 Å². The van der Waals surface area contributed by atoms with Crippen molar-refractivity contribution in [3.63, 3.8) is 0 Å². The van der Waals surface area contributed by atoms with E-state index in [1.807, 2.05) is 42.5 Å². The molecule has 2 aromatic carbocycles. The Balaban J connectivity index is 1.84. The van der Waals surface area contributed by atoms with Crippen LogP contribution in [0.25, 0.3) is 11.1 Å². The summed E-state index contributed by atoms with van der Waals surface area (Å²) in [6, 6.07) is 15.3. The summed E-state index contributed by atoms with van der Waals surface area (Å²) in [5.74, 6) is -0.446. The van der Waals surface area contributed by atoms with Gasteiger partial charge in [0, 0.05) is 25.6 Å². The third kappa shape index (κ3) is 3.90. The summed E-state index contributed by atoms with van der Waals surface area (Å²) in [5, 5.41) is 19.1. The van der Waals surface area contributed by atoms with Gasteiger partial charge in [-0.1, -0.05) is 36.4 Å². The van der Waals surface area contributed by atoms with Crippen LogP contribution in [0.15, 0.2) is 48.5 Å². The Hall–Kier alpha value is -2.73. The number of sulfonamides is 1. The lowest BCUT2D eigenvalue weighted by atomic mass is 9.78. The summed E-state index contributed by atoms with van der Waals surface area (Å²) in [7, 11) is -0.172. The van der Waals surface area contributed by atoms with Gasteiger partial charge in [-0.3, -0.25) is 4.79 Å². The van der Waals surface area contributed by atoms with Gasteiger partial charge < -0.3 is 10.0 Å². The molecule has 29 heavy (non-hydrogen) atoms. The minimum Gasteiger partial charge on any atom is -0.395 e. The quantitative estimate of drug-likeness (QED) is 0.803. The lowest BCUT2D eigenvalue weighted by Gasteiger charge is -2.49. The topological polar surface area (TPSA) is 102 Å². The second kappa shape index (κ2) is 7.95. The lowest BCUT2D eigenvalue weighted by molar-refractivity contribution is 0.0564. The van der Waals surface area contributed by atoms with Crippen LogP contribution in [0.1, 0.15) is 21.8 Å². The SMILES string of the molecule is CN(C)C(=O)c1ccc(-c2ccc([C@H]3[C@@H](C#N)N(S(C)(=O)=O)[C@H]3CO)cc2)cc1. The molecule has 0 unspecified atom stereocenters. The van der Waals surface area contributed by atoms with Crippen LogP contribution in [-0.4, -0.2) is 67.7 Å². The summed E-state index contributed by atoms with van der Waals surface area (Å²) < 4.78 is 24.9. The van der Waals surface area contributed by atoms with E-state index in [9.17, 15) is 23.6 Å². The van der Waals surface area contributed by atoms with Gasteiger partial charge in [0.2, 0.25) is 10.0 Å². The zero-order valence-electron chi connectivity index (χ0n) is 16.5. The fourth-order valence-electron chi connectivity index (χ4n) is 3.78. The first-order chi connectivity index (χ1) is 13.7. The molecule has 0 aromatic heterocycles. The lowest BCUT2D eigenvalue weighted by Crippen LogP contribution is -2.64. The predicted molar refractivity (Wildman–Crippen MR) is 110 cm³/mol. The van der Waals surface area contributed by atoms with Crippen molar-refractivity contribution in [3.8, 4) is 17.2 Å². The van der Waals surface area contributed by atoms with E-state index >= 15 is 0 Å². The third-order valence-corrected chi connectivity index (χ3v) is 6.49. The van der Waals surface area contributed by atoms with Gasteiger partial charge in [0.15, 0.2) is 0 Å². The molecule has 3 rings (SSSR count). The van der Waals surface area contributed by atoms with Crippen LogP contribution in [0, 0.1) is 11.3 Å².